The van der Waals surface area contributed by atoms with E-state index in [4.69, 9.17) is 4.74 Å². The van der Waals surface area contributed by atoms with Crippen LogP contribution in [0.25, 0.3) is 0 Å². The van der Waals surface area contributed by atoms with Gasteiger partial charge in [-0.2, -0.15) is 5.26 Å². The first-order valence-electron chi connectivity index (χ1n) is 7.35. The van der Waals surface area contributed by atoms with Crippen LogP contribution < -0.4 is 0 Å². The number of hydrogen-bond donors (Lipinski definition) is 0. The van der Waals surface area contributed by atoms with Gasteiger partial charge in [0.05, 0.1) is 23.5 Å². The Labute approximate surface area is 135 Å². The number of aromatic nitrogens is 1. The van der Waals surface area contributed by atoms with Crippen LogP contribution in [0.5, 0.6) is 0 Å². The number of morpholine rings is 1. The molecule has 0 unspecified atom stereocenters. The second-order valence-electron chi connectivity index (χ2n) is 5.72. The highest BCUT2D eigenvalue weighted by atomic mass is 32.2. The molecular formula is C16H21N3O2S. The monoisotopic (exact) mass is 319 g/mol. The lowest BCUT2D eigenvalue weighted by atomic mass is 10.1. The summed E-state index contributed by atoms with van der Waals surface area (Å²) in [5.74, 6) is 0.362. The van der Waals surface area contributed by atoms with Gasteiger partial charge >= 0.3 is 0 Å². The van der Waals surface area contributed by atoms with E-state index in [1.807, 2.05) is 38.7 Å². The molecule has 5 nitrogen and oxygen atoms in total. The highest BCUT2D eigenvalue weighted by Crippen LogP contribution is 2.24. The van der Waals surface area contributed by atoms with Crippen molar-refractivity contribution in [2.45, 2.75) is 44.9 Å². The molecule has 22 heavy (non-hydrogen) atoms. The zero-order chi connectivity index (χ0) is 16.3. The van der Waals surface area contributed by atoms with E-state index in [1.54, 1.807) is 0 Å². The molecule has 1 aromatic rings. The molecule has 1 aliphatic rings. The number of hydrogen-bond acceptors (Lipinski definition) is 5. The summed E-state index contributed by atoms with van der Waals surface area (Å²) in [5.41, 5.74) is 2.32. The highest BCUT2D eigenvalue weighted by molar-refractivity contribution is 8.00. The fourth-order valence-electron chi connectivity index (χ4n) is 2.65. The van der Waals surface area contributed by atoms with Gasteiger partial charge in [-0.25, -0.2) is 4.98 Å². The number of ether oxygens (including phenoxy) is 1. The summed E-state index contributed by atoms with van der Waals surface area (Å²) in [4.78, 5) is 18.6. The third kappa shape index (κ3) is 3.99. The van der Waals surface area contributed by atoms with E-state index in [2.05, 4.69) is 11.1 Å². The van der Waals surface area contributed by atoms with Crippen LogP contribution >= 0.6 is 11.8 Å². The van der Waals surface area contributed by atoms with Crippen molar-refractivity contribution in [2.24, 2.45) is 0 Å². The molecule has 1 saturated heterocycles. The smallest absolute Gasteiger partial charge is 0.233 e. The minimum absolute atomic E-state index is 0.0618. The summed E-state index contributed by atoms with van der Waals surface area (Å²) in [6.45, 7) is 8.98. The van der Waals surface area contributed by atoms with Gasteiger partial charge in [0.1, 0.15) is 11.1 Å². The fraction of sp³-hybridized carbons (Fsp3) is 0.562. The Kier molecular flexibility index (Phi) is 5.43. The average Bonchev–Trinajstić information content (AvgIpc) is 2.43. The number of thioether (sulfide) groups is 1. The Morgan fingerprint density at radius 3 is 2.68 bits per heavy atom. The standard InChI is InChI=1S/C16H21N3O2S/c1-10-5-11(2)18-16(14(10)6-17)22-9-15(20)19-7-12(3)21-13(4)8-19/h5,12-13H,7-9H2,1-4H3/t12-,13-/m0/s1. The van der Waals surface area contributed by atoms with Gasteiger partial charge in [-0.05, 0) is 39.3 Å². The third-order valence-electron chi connectivity index (χ3n) is 3.53. The zero-order valence-corrected chi connectivity index (χ0v) is 14.2. The summed E-state index contributed by atoms with van der Waals surface area (Å²) < 4.78 is 5.64. The maximum atomic E-state index is 12.4. The summed E-state index contributed by atoms with van der Waals surface area (Å²) >= 11 is 1.34. The fourth-order valence-corrected chi connectivity index (χ4v) is 3.65. The van der Waals surface area contributed by atoms with E-state index < -0.39 is 0 Å². The largest absolute Gasteiger partial charge is 0.372 e. The predicted molar refractivity (Wildman–Crippen MR) is 85.7 cm³/mol. The number of rotatable bonds is 3. The van der Waals surface area contributed by atoms with E-state index in [-0.39, 0.29) is 18.1 Å². The predicted octanol–water partition coefficient (Wildman–Crippen LogP) is 2.30. The van der Waals surface area contributed by atoms with Crippen molar-refractivity contribution in [2.75, 3.05) is 18.8 Å². The second kappa shape index (κ2) is 7.12. The highest BCUT2D eigenvalue weighted by Gasteiger charge is 2.26. The number of carbonyl (C=O) groups is 1. The van der Waals surface area contributed by atoms with Crippen LogP contribution in [-0.2, 0) is 9.53 Å². The molecule has 1 aliphatic heterocycles. The van der Waals surface area contributed by atoms with Gasteiger partial charge in [0.15, 0.2) is 0 Å². The van der Waals surface area contributed by atoms with E-state index in [9.17, 15) is 10.1 Å². The molecule has 1 aromatic heterocycles. The van der Waals surface area contributed by atoms with Crippen LogP contribution in [0.1, 0.15) is 30.7 Å². The Morgan fingerprint density at radius 1 is 1.45 bits per heavy atom. The molecule has 0 saturated carbocycles. The van der Waals surface area contributed by atoms with Crippen molar-refractivity contribution in [1.29, 1.82) is 5.26 Å². The Hall–Kier alpha value is -1.58. The summed E-state index contributed by atoms with van der Waals surface area (Å²) in [7, 11) is 0. The Bertz CT molecular complexity index is 602. The van der Waals surface area contributed by atoms with Gasteiger partial charge in [-0.1, -0.05) is 11.8 Å². The molecule has 0 bridgehead atoms. The summed E-state index contributed by atoms with van der Waals surface area (Å²) in [6, 6.07) is 4.06. The molecule has 0 aromatic carbocycles. The number of nitriles is 1. The van der Waals surface area contributed by atoms with Gasteiger partial charge in [-0.15, -0.1) is 0 Å². The first-order valence-corrected chi connectivity index (χ1v) is 8.33. The molecule has 0 N–H and O–H groups in total. The van der Waals surface area contributed by atoms with E-state index in [0.29, 0.717) is 29.4 Å². The average molecular weight is 319 g/mol. The second-order valence-corrected chi connectivity index (χ2v) is 6.68. The molecule has 2 heterocycles. The third-order valence-corrected chi connectivity index (χ3v) is 4.49. The van der Waals surface area contributed by atoms with Crippen molar-refractivity contribution >= 4 is 17.7 Å². The van der Waals surface area contributed by atoms with E-state index in [0.717, 1.165) is 11.3 Å². The van der Waals surface area contributed by atoms with Crippen molar-refractivity contribution < 1.29 is 9.53 Å². The van der Waals surface area contributed by atoms with Crippen LogP contribution in [0.3, 0.4) is 0 Å². The molecular weight excluding hydrogens is 298 g/mol. The number of amides is 1. The van der Waals surface area contributed by atoms with Crippen molar-refractivity contribution in [3.63, 3.8) is 0 Å². The summed E-state index contributed by atoms with van der Waals surface area (Å²) in [5, 5.41) is 9.90. The molecule has 2 atom stereocenters. The van der Waals surface area contributed by atoms with Crippen LogP contribution in [0, 0.1) is 25.2 Å². The topological polar surface area (TPSA) is 66.2 Å². The van der Waals surface area contributed by atoms with Crippen molar-refractivity contribution in [3.8, 4) is 6.07 Å². The normalized spacial score (nSPS) is 21.5. The van der Waals surface area contributed by atoms with Crippen molar-refractivity contribution in [3.05, 3.63) is 22.9 Å². The molecule has 0 aliphatic carbocycles. The SMILES string of the molecule is Cc1cc(C)c(C#N)c(SCC(=O)N2C[C@H](C)O[C@@H](C)C2)n1. The Morgan fingerprint density at radius 2 is 2.09 bits per heavy atom. The van der Waals surface area contributed by atoms with Crippen LogP contribution in [0.15, 0.2) is 11.1 Å². The molecule has 2 rings (SSSR count). The molecule has 1 fully saturated rings. The number of carbonyl (C=O) groups excluding carboxylic acids is 1. The van der Waals surface area contributed by atoms with Gasteiger partial charge in [0.25, 0.3) is 0 Å². The van der Waals surface area contributed by atoms with E-state index in [1.165, 1.54) is 11.8 Å². The Balaban J connectivity index is 2.04. The van der Waals surface area contributed by atoms with Gasteiger partial charge in [-0.3, -0.25) is 4.79 Å². The number of nitrogens with zero attached hydrogens (tertiary/aromatic N) is 3. The lowest BCUT2D eigenvalue weighted by Crippen LogP contribution is -2.48. The molecule has 6 heteroatoms. The van der Waals surface area contributed by atoms with Gasteiger partial charge in [0.2, 0.25) is 5.91 Å². The van der Waals surface area contributed by atoms with Crippen LogP contribution in [0.4, 0.5) is 0 Å². The molecule has 0 spiro atoms. The van der Waals surface area contributed by atoms with E-state index >= 15 is 0 Å². The van der Waals surface area contributed by atoms with Gasteiger partial charge < -0.3 is 9.64 Å². The zero-order valence-electron chi connectivity index (χ0n) is 13.4. The molecule has 118 valence electrons. The minimum atomic E-state index is 0.0618. The molecule has 1 amide bonds. The summed E-state index contributed by atoms with van der Waals surface area (Å²) in [6.07, 6.45) is 0.124. The first kappa shape index (κ1) is 16.8. The molecule has 0 radical (unpaired) electrons. The van der Waals surface area contributed by atoms with Crippen LogP contribution in [0.2, 0.25) is 0 Å². The lowest BCUT2D eigenvalue weighted by Gasteiger charge is -2.35. The van der Waals surface area contributed by atoms with Crippen LogP contribution in [-0.4, -0.2) is 46.8 Å². The first-order chi connectivity index (χ1) is 10.4. The minimum Gasteiger partial charge on any atom is -0.372 e. The van der Waals surface area contributed by atoms with Gasteiger partial charge in [0, 0.05) is 18.8 Å². The van der Waals surface area contributed by atoms with Crippen molar-refractivity contribution in [1.82, 2.24) is 9.88 Å². The number of aryl methyl sites for hydroxylation is 2. The number of pyridine rings is 1. The maximum absolute atomic E-state index is 12.4. The quantitative estimate of drug-likeness (QED) is 0.800. The lowest BCUT2D eigenvalue weighted by molar-refractivity contribution is -0.140. The maximum Gasteiger partial charge on any atom is 0.233 e.